The van der Waals surface area contributed by atoms with Crippen molar-refractivity contribution in [3.05, 3.63) is 78.4 Å². The van der Waals surface area contributed by atoms with Gasteiger partial charge in [0.25, 0.3) is 0 Å². The predicted octanol–water partition coefficient (Wildman–Crippen LogP) is 5.27. The van der Waals surface area contributed by atoms with Crippen LogP contribution in [0, 0.1) is 0 Å². The average Bonchev–Trinajstić information content (AvgIpc) is 2.49. The van der Waals surface area contributed by atoms with E-state index in [-0.39, 0.29) is 0 Å². The summed E-state index contributed by atoms with van der Waals surface area (Å²) >= 11 is 1.93. The third-order valence-electron chi connectivity index (χ3n) is 2.97. The smallest absolute Gasteiger partial charge is 0.0119 e. The Labute approximate surface area is 120 Å². The SMILES string of the molecule is C1=C\CC/C(c2ccccc2)=C\C=C/CSC\C=C/1. The molecule has 0 N–H and O–H groups in total. The van der Waals surface area contributed by atoms with Gasteiger partial charge in [-0.1, -0.05) is 72.9 Å². The minimum absolute atomic E-state index is 1.08. The first-order chi connectivity index (χ1) is 9.47. The molecule has 19 heavy (non-hydrogen) atoms. The zero-order valence-corrected chi connectivity index (χ0v) is 12.0. The van der Waals surface area contributed by atoms with Crippen molar-refractivity contribution in [1.29, 1.82) is 0 Å². The average molecular weight is 268 g/mol. The van der Waals surface area contributed by atoms with Crippen LogP contribution in [0.5, 0.6) is 0 Å². The zero-order chi connectivity index (χ0) is 13.2. The molecule has 0 fully saturated rings. The van der Waals surface area contributed by atoms with Gasteiger partial charge in [-0.25, -0.2) is 0 Å². The maximum Gasteiger partial charge on any atom is 0.0119 e. The molecular weight excluding hydrogens is 248 g/mol. The van der Waals surface area contributed by atoms with Crippen LogP contribution in [0.3, 0.4) is 0 Å². The Balaban J connectivity index is 2.13. The van der Waals surface area contributed by atoms with E-state index in [1.807, 2.05) is 11.8 Å². The molecule has 0 aromatic heterocycles. The molecule has 0 aliphatic carbocycles. The third kappa shape index (κ3) is 5.35. The van der Waals surface area contributed by atoms with Gasteiger partial charge in [0.1, 0.15) is 0 Å². The maximum absolute atomic E-state index is 2.26. The summed E-state index contributed by atoms with van der Waals surface area (Å²) in [5.41, 5.74) is 2.74. The quantitative estimate of drug-likeness (QED) is 0.669. The van der Waals surface area contributed by atoms with Crippen molar-refractivity contribution < 1.29 is 0 Å². The highest BCUT2D eigenvalue weighted by Gasteiger charge is 1.98. The van der Waals surface area contributed by atoms with Crippen LogP contribution >= 0.6 is 11.8 Å². The minimum atomic E-state index is 1.08. The van der Waals surface area contributed by atoms with E-state index >= 15 is 0 Å². The Morgan fingerprint density at radius 2 is 1.53 bits per heavy atom. The zero-order valence-electron chi connectivity index (χ0n) is 11.2. The van der Waals surface area contributed by atoms with E-state index in [1.54, 1.807) is 0 Å². The summed E-state index contributed by atoms with van der Waals surface area (Å²) in [6.45, 7) is 0. The van der Waals surface area contributed by atoms with E-state index < -0.39 is 0 Å². The molecule has 98 valence electrons. The van der Waals surface area contributed by atoms with Crippen LogP contribution in [0.4, 0.5) is 0 Å². The lowest BCUT2D eigenvalue weighted by atomic mass is 10.0. The summed E-state index contributed by atoms with van der Waals surface area (Å²) in [7, 11) is 0. The second-order valence-corrected chi connectivity index (χ2v) is 5.49. The second-order valence-electron chi connectivity index (χ2n) is 4.42. The molecule has 1 heterocycles. The Morgan fingerprint density at radius 1 is 0.789 bits per heavy atom. The Hall–Kier alpha value is -1.47. The fraction of sp³-hybridized carbons (Fsp3) is 0.222. The van der Waals surface area contributed by atoms with Crippen LogP contribution in [0.2, 0.25) is 0 Å². The van der Waals surface area contributed by atoms with Crippen molar-refractivity contribution in [2.24, 2.45) is 0 Å². The standard InChI is InChI=1S/C18H20S/c1-2-5-11-18(17-12-6-4-7-13-17)14-8-10-16-19-15-9-3-1/h1-4,6-10,12-14H,5,11,15-16H2/b2-1-,9-3-,10-8-,18-14+. The summed E-state index contributed by atoms with van der Waals surface area (Å²) in [5, 5.41) is 0. The highest BCUT2D eigenvalue weighted by Crippen LogP contribution is 2.20. The molecule has 1 aromatic carbocycles. The molecule has 1 aromatic rings. The van der Waals surface area contributed by atoms with E-state index in [9.17, 15) is 0 Å². The fourth-order valence-corrected chi connectivity index (χ4v) is 2.60. The Bertz CT molecular complexity index is 478. The van der Waals surface area contributed by atoms with Gasteiger partial charge in [-0.15, -0.1) is 0 Å². The second kappa shape index (κ2) is 8.60. The van der Waals surface area contributed by atoms with Gasteiger partial charge >= 0.3 is 0 Å². The predicted molar refractivity (Wildman–Crippen MR) is 88.4 cm³/mol. The van der Waals surface area contributed by atoms with Crippen LogP contribution in [0.1, 0.15) is 18.4 Å². The summed E-state index contributed by atoms with van der Waals surface area (Å²) in [6, 6.07) is 10.7. The van der Waals surface area contributed by atoms with Crippen LogP contribution < -0.4 is 0 Å². The highest BCUT2D eigenvalue weighted by molar-refractivity contribution is 7.99. The van der Waals surface area contributed by atoms with Gasteiger partial charge in [0, 0.05) is 11.5 Å². The van der Waals surface area contributed by atoms with Gasteiger partial charge in [-0.2, -0.15) is 11.8 Å². The number of rotatable bonds is 1. The molecule has 1 aliphatic rings. The third-order valence-corrected chi connectivity index (χ3v) is 3.83. The van der Waals surface area contributed by atoms with Gasteiger partial charge in [0.15, 0.2) is 0 Å². The summed E-state index contributed by atoms with van der Waals surface area (Å²) < 4.78 is 0. The molecule has 0 bridgehead atoms. The van der Waals surface area contributed by atoms with Crippen molar-refractivity contribution in [3.63, 3.8) is 0 Å². The van der Waals surface area contributed by atoms with Gasteiger partial charge in [0.05, 0.1) is 0 Å². The lowest BCUT2D eigenvalue weighted by Gasteiger charge is -2.05. The number of benzene rings is 1. The first-order valence-electron chi connectivity index (χ1n) is 6.77. The molecule has 0 unspecified atom stereocenters. The van der Waals surface area contributed by atoms with E-state index in [0.717, 1.165) is 24.3 Å². The summed E-state index contributed by atoms with van der Waals surface area (Å²) in [4.78, 5) is 0. The first-order valence-corrected chi connectivity index (χ1v) is 7.93. The molecule has 0 spiro atoms. The van der Waals surface area contributed by atoms with Crippen molar-refractivity contribution in [3.8, 4) is 0 Å². The molecule has 0 nitrogen and oxygen atoms in total. The molecule has 0 radical (unpaired) electrons. The monoisotopic (exact) mass is 268 g/mol. The molecule has 2 rings (SSSR count). The van der Waals surface area contributed by atoms with Crippen molar-refractivity contribution in [2.45, 2.75) is 12.8 Å². The van der Waals surface area contributed by atoms with Gasteiger partial charge in [-0.3, -0.25) is 0 Å². The van der Waals surface area contributed by atoms with Gasteiger partial charge in [-0.05, 0) is 24.0 Å². The van der Waals surface area contributed by atoms with Crippen LogP contribution in [0.15, 0.2) is 72.9 Å². The molecule has 0 saturated carbocycles. The van der Waals surface area contributed by atoms with E-state index in [2.05, 4.69) is 72.9 Å². The highest BCUT2D eigenvalue weighted by atomic mass is 32.2. The van der Waals surface area contributed by atoms with Gasteiger partial charge in [0.2, 0.25) is 0 Å². The molecule has 1 heteroatoms. The Kier molecular flexibility index (Phi) is 6.31. The van der Waals surface area contributed by atoms with Gasteiger partial charge < -0.3 is 0 Å². The molecule has 0 saturated heterocycles. The Morgan fingerprint density at radius 3 is 2.37 bits per heavy atom. The minimum Gasteiger partial charge on any atom is -0.154 e. The fourth-order valence-electron chi connectivity index (χ4n) is 1.97. The molecule has 1 aliphatic heterocycles. The maximum atomic E-state index is 2.26. The van der Waals surface area contributed by atoms with Crippen LogP contribution in [0.25, 0.3) is 5.57 Å². The molecular formula is C18H20S. The van der Waals surface area contributed by atoms with Crippen LogP contribution in [-0.2, 0) is 0 Å². The summed E-state index contributed by atoms with van der Waals surface area (Å²) in [5.74, 6) is 2.16. The van der Waals surface area contributed by atoms with Crippen molar-refractivity contribution >= 4 is 17.3 Å². The number of thioether (sulfide) groups is 1. The topological polar surface area (TPSA) is 0 Å². The van der Waals surface area contributed by atoms with E-state index in [4.69, 9.17) is 0 Å². The summed E-state index contributed by atoms with van der Waals surface area (Å²) in [6.07, 6.45) is 17.7. The normalized spacial score (nSPS) is 24.9. The van der Waals surface area contributed by atoms with E-state index in [0.29, 0.717) is 0 Å². The van der Waals surface area contributed by atoms with Crippen molar-refractivity contribution in [2.75, 3.05) is 11.5 Å². The number of allylic oxidation sites excluding steroid dienone is 6. The lowest BCUT2D eigenvalue weighted by Crippen LogP contribution is -1.83. The lowest BCUT2D eigenvalue weighted by molar-refractivity contribution is 1.07. The van der Waals surface area contributed by atoms with E-state index in [1.165, 1.54) is 11.1 Å². The molecule has 0 atom stereocenters. The van der Waals surface area contributed by atoms with Crippen molar-refractivity contribution in [1.82, 2.24) is 0 Å². The largest absolute Gasteiger partial charge is 0.154 e. The number of hydrogen-bond donors (Lipinski definition) is 0. The molecule has 0 amide bonds. The van der Waals surface area contributed by atoms with Crippen LogP contribution in [-0.4, -0.2) is 11.5 Å². The number of hydrogen-bond acceptors (Lipinski definition) is 1. The first kappa shape index (κ1) is 14.0.